The molecule has 3 rings (SSSR count). The highest BCUT2D eigenvalue weighted by atomic mass is 79.9. The Labute approximate surface area is 166 Å². The van der Waals surface area contributed by atoms with Crippen molar-refractivity contribution in [2.45, 2.75) is 0 Å². The number of carbonyl (C=O) groups excluding carboxylic acids is 1. The summed E-state index contributed by atoms with van der Waals surface area (Å²) in [5, 5.41) is 19.7. The first-order chi connectivity index (χ1) is 12.9. The fourth-order valence-corrected chi connectivity index (χ4v) is 2.75. The quantitative estimate of drug-likeness (QED) is 0.422. The number of non-ortho nitro benzene ring substituents is 1. The summed E-state index contributed by atoms with van der Waals surface area (Å²) in [5.74, 6) is -0.601. The van der Waals surface area contributed by atoms with Gasteiger partial charge in [0.1, 0.15) is 5.71 Å². The Morgan fingerprint density at radius 3 is 2.52 bits per heavy atom. The van der Waals surface area contributed by atoms with E-state index in [1.807, 2.05) is 12.1 Å². The lowest BCUT2D eigenvalue weighted by atomic mass is 10.1. The molecule has 0 fully saturated rings. The van der Waals surface area contributed by atoms with Gasteiger partial charge in [-0.1, -0.05) is 12.1 Å². The van der Waals surface area contributed by atoms with E-state index in [0.717, 1.165) is 9.48 Å². The average molecular weight is 447 g/mol. The number of nitro groups is 1. The number of hydrazone groups is 2. The van der Waals surface area contributed by atoms with Crippen LogP contribution < -0.4 is 11.2 Å². The Morgan fingerprint density at radius 1 is 1.26 bits per heavy atom. The number of hydrogen-bond donors (Lipinski definition) is 2. The van der Waals surface area contributed by atoms with Gasteiger partial charge in [-0.2, -0.15) is 15.2 Å². The molecule has 1 aliphatic rings. The van der Waals surface area contributed by atoms with Crippen molar-refractivity contribution in [1.29, 1.82) is 0 Å². The lowest BCUT2D eigenvalue weighted by Crippen LogP contribution is -2.36. The number of hydrogen-bond acceptors (Lipinski definition) is 7. The second-order valence-corrected chi connectivity index (χ2v) is 6.53. The van der Waals surface area contributed by atoms with E-state index >= 15 is 0 Å². The van der Waals surface area contributed by atoms with Crippen LogP contribution in [0.2, 0.25) is 0 Å². The van der Waals surface area contributed by atoms with Crippen LogP contribution in [0.4, 0.5) is 11.4 Å². The summed E-state index contributed by atoms with van der Waals surface area (Å²) >= 11 is 8.22. The zero-order valence-electron chi connectivity index (χ0n) is 13.5. The summed E-state index contributed by atoms with van der Waals surface area (Å²) in [7, 11) is 0. The van der Waals surface area contributed by atoms with Gasteiger partial charge in [-0.05, 0) is 52.4 Å². The average Bonchev–Trinajstić information content (AvgIpc) is 2.98. The summed E-state index contributed by atoms with van der Waals surface area (Å²) in [4.78, 5) is 22.9. The van der Waals surface area contributed by atoms with Crippen LogP contribution in [0.1, 0.15) is 5.56 Å². The monoisotopic (exact) mass is 446 g/mol. The molecule has 1 amide bonds. The number of halogens is 1. The van der Waals surface area contributed by atoms with E-state index in [4.69, 9.17) is 18.0 Å². The van der Waals surface area contributed by atoms with Crippen LogP contribution in [-0.2, 0) is 4.79 Å². The Balaban J connectivity index is 1.99. The smallest absolute Gasteiger partial charge is 0.303 e. The molecule has 9 nitrogen and oxygen atoms in total. The van der Waals surface area contributed by atoms with E-state index in [2.05, 4.69) is 31.6 Å². The molecule has 2 aromatic rings. The van der Waals surface area contributed by atoms with Crippen molar-refractivity contribution in [1.82, 2.24) is 5.01 Å². The van der Waals surface area contributed by atoms with E-state index in [1.54, 1.807) is 12.1 Å². The minimum absolute atomic E-state index is 0.0209. The lowest BCUT2D eigenvalue weighted by Gasteiger charge is -2.07. The van der Waals surface area contributed by atoms with Gasteiger partial charge in [0.15, 0.2) is 10.8 Å². The maximum Gasteiger partial charge on any atom is 0.303 e. The number of amides is 1. The largest absolute Gasteiger partial charge is 0.374 e. The van der Waals surface area contributed by atoms with Gasteiger partial charge < -0.3 is 5.73 Å². The number of nitrogens with two attached hydrogens (primary N) is 1. The van der Waals surface area contributed by atoms with Crippen LogP contribution in [-0.4, -0.2) is 32.4 Å². The maximum atomic E-state index is 12.6. The number of nitrogens with zero attached hydrogens (tertiary/aromatic N) is 4. The number of nitrogens with one attached hydrogen (secondary N) is 1. The molecule has 0 saturated heterocycles. The molecule has 0 aromatic heterocycles. The second kappa shape index (κ2) is 7.60. The molecule has 0 unspecified atom stereocenters. The van der Waals surface area contributed by atoms with Crippen molar-refractivity contribution in [3.63, 3.8) is 0 Å². The lowest BCUT2D eigenvalue weighted by molar-refractivity contribution is -0.384. The fourth-order valence-electron chi connectivity index (χ4n) is 2.25. The number of para-hydroxylation sites is 1. The van der Waals surface area contributed by atoms with Gasteiger partial charge in [0.25, 0.3) is 5.69 Å². The Morgan fingerprint density at radius 2 is 1.93 bits per heavy atom. The van der Waals surface area contributed by atoms with Crippen molar-refractivity contribution in [2.75, 3.05) is 5.43 Å². The first kappa shape index (κ1) is 18.6. The van der Waals surface area contributed by atoms with Crippen LogP contribution in [0.25, 0.3) is 0 Å². The van der Waals surface area contributed by atoms with E-state index in [0.29, 0.717) is 11.3 Å². The van der Waals surface area contributed by atoms with Crippen molar-refractivity contribution in [3.05, 3.63) is 68.7 Å². The zero-order chi connectivity index (χ0) is 19.6. The molecule has 0 aliphatic carbocycles. The first-order valence-electron chi connectivity index (χ1n) is 7.44. The molecule has 0 bridgehead atoms. The van der Waals surface area contributed by atoms with Crippen molar-refractivity contribution < 1.29 is 9.72 Å². The van der Waals surface area contributed by atoms with Crippen LogP contribution in [0.3, 0.4) is 0 Å². The normalized spacial score (nSPS) is 15.0. The zero-order valence-corrected chi connectivity index (χ0v) is 15.9. The topological polar surface area (TPSA) is 126 Å². The molecule has 3 N–H and O–H groups in total. The van der Waals surface area contributed by atoms with Gasteiger partial charge in [-0.3, -0.25) is 20.3 Å². The van der Waals surface area contributed by atoms with Gasteiger partial charge in [0.05, 0.1) is 10.6 Å². The first-order valence-corrected chi connectivity index (χ1v) is 8.64. The number of benzene rings is 2. The van der Waals surface area contributed by atoms with Gasteiger partial charge in [-0.15, -0.1) is 0 Å². The minimum Gasteiger partial charge on any atom is -0.374 e. The van der Waals surface area contributed by atoms with Gasteiger partial charge in [0, 0.05) is 22.2 Å². The molecule has 0 radical (unpaired) electrons. The number of rotatable bonds is 4. The number of anilines is 1. The van der Waals surface area contributed by atoms with E-state index in [1.165, 1.54) is 24.3 Å². The third-order valence-electron chi connectivity index (χ3n) is 3.54. The molecular formula is C16H11BrN6O3S. The second-order valence-electron chi connectivity index (χ2n) is 5.26. The number of nitro benzene ring substituents is 1. The highest BCUT2D eigenvalue weighted by molar-refractivity contribution is 9.10. The molecule has 0 saturated carbocycles. The van der Waals surface area contributed by atoms with Gasteiger partial charge in [-0.25, -0.2) is 0 Å². The molecule has 27 heavy (non-hydrogen) atoms. The summed E-state index contributed by atoms with van der Waals surface area (Å²) in [6, 6.07) is 12.8. The summed E-state index contributed by atoms with van der Waals surface area (Å²) in [6.07, 6.45) is 0. The van der Waals surface area contributed by atoms with Crippen LogP contribution >= 0.6 is 28.1 Å². The molecule has 11 heteroatoms. The SMILES string of the molecule is NC(=S)N1N=C(c2ccc([N+](=O)[O-])cc2)/C(=N\Nc2ccccc2Br)C1=O. The summed E-state index contributed by atoms with van der Waals surface area (Å²) in [6.45, 7) is 0. The molecule has 1 heterocycles. The standard InChI is InChI=1S/C16H11BrN6O3S/c17-11-3-1-2-4-12(11)19-20-14-13(21-22(15(14)24)16(18)27)9-5-7-10(8-6-9)23(25)26/h1-8,19H,(H2,18,27)/b20-14+. The number of carbonyl (C=O) groups is 1. The Hall–Kier alpha value is -3.18. The highest BCUT2D eigenvalue weighted by Crippen LogP contribution is 2.22. The third kappa shape index (κ3) is 3.83. The predicted octanol–water partition coefficient (Wildman–Crippen LogP) is 2.62. The van der Waals surface area contributed by atoms with Crippen LogP contribution in [0.15, 0.2) is 63.2 Å². The minimum atomic E-state index is -0.601. The van der Waals surface area contributed by atoms with Gasteiger partial charge >= 0.3 is 5.91 Å². The predicted molar refractivity (Wildman–Crippen MR) is 108 cm³/mol. The summed E-state index contributed by atoms with van der Waals surface area (Å²) < 4.78 is 0.750. The van der Waals surface area contributed by atoms with Crippen molar-refractivity contribution >= 4 is 62.0 Å². The van der Waals surface area contributed by atoms with Crippen LogP contribution in [0, 0.1) is 10.1 Å². The van der Waals surface area contributed by atoms with Gasteiger partial charge in [0.2, 0.25) is 0 Å². The van der Waals surface area contributed by atoms with Crippen LogP contribution in [0.5, 0.6) is 0 Å². The molecule has 0 spiro atoms. The molecule has 136 valence electrons. The highest BCUT2D eigenvalue weighted by Gasteiger charge is 2.35. The van der Waals surface area contributed by atoms with E-state index in [9.17, 15) is 14.9 Å². The third-order valence-corrected chi connectivity index (χ3v) is 4.41. The molecule has 2 aromatic carbocycles. The summed E-state index contributed by atoms with van der Waals surface area (Å²) in [5.41, 5.74) is 9.52. The molecule has 0 atom stereocenters. The van der Waals surface area contributed by atoms with Crippen molar-refractivity contribution in [3.8, 4) is 0 Å². The van der Waals surface area contributed by atoms with E-state index in [-0.39, 0.29) is 22.2 Å². The van der Waals surface area contributed by atoms with E-state index < -0.39 is 10.8 Å². The fraction of sp³-hybridized carbons (Fsp3) is 0. The number of thiocarbonyl (C=S) groups is 1. The molecule has 1 aliphatic heterocycles. The Kier molecular flexibility index (Phi) is 5.23. The van der Waals surface area contributed by atoms with Crippen molar-refractivity contribution in [2.24, 2.45) is 15.9 Å². The molecular weight excluding hydrogens is 436 g/mol. The maximum absolute atomic E-state index is 12.6. The Bertz CT molecular complexity index is 1010.